The van der Waals surface area contributed by atoms with Crippen molar-refractivity contribution in [3.8, 4) is 5.88 Å². The fourth-order valence-electron chi connectivity index (χ4n) is 3.58. The number of anilines is 1. The third-order valence-electron chi connectivity index (χ3n) is 5.70. The van der Waals surface area contributed by atoms with Gasteiger partial charge in [-0.15, -0.1) is 10.2 Å². The number of amides is 1. The van der Waals surface area contributed by atoms with Gasteiger partial charge in [0.2, 0.25) is 12.7 Å². The first-order chi connectivity index (χ1) is 17.7. The Kier molecular flexibility index (Phi) is 8.27. The minimum Gasteiger partial charge on any atom is -0.477 e. The van der Waals surface area contributed by atoms with Crippen molar-refractivity contribution >= 4 is 29.2 Å². The molecule has 0 aromatic carbocycles. The van der Waals surface area contributed by atoms with Crippen molar-refractivity contribution in [1.82, 2.24) is 25.1 Å². The number of aryl methyl sites for hydroxylation is 3. The number of carbonyl (C=O) groups excluding carboxylic acids is 2. The van der Waals surface area contributed by atoms with Crippen LogP contribution in [0.25, 0.3) is 0 Å². The largest absolute Gasteiger partial charge is 0.477 e. The Morgan fingerprint density at radius 3 is 2.62 bits per heavy atom. The van der Waals surface area contributed by atoms with E-state index in [0.29, 0.717) is 35.2 Å². The number of pyridine rings is 1. The smallest absolute Gasteiger partial charge is 0.418 e. The second-order valence-corrected chi connectivity index (χ2v) is 10.5. The van der Waals surface area contributed by atoms with Gasteiger partial charge in [0.25, 0.3) is 0 Å². The highest BCUT2D eigenvalue weighted by atomic mass is 32.1. The molecule has 1 saturated carbocycles. The Hall–Kier alpha value is -3.67. The van der Waals surface area contributed by atoms with Gasteiger partial charge >= 0.3 is 12.1 Å². The molecule has 1 fully saturated rings. The summed E-state index contributed by atoms with van der Waals surface area (Å²) < 4.78 is 16.2. The fourth-order valence-corrected chi connectivity index (χ4v) is 4.28. The number of rotatable bonds is 10. The van der Waals surface area contributed by atoms with Gasteiger partial charge < -0.3 is 14.2 Å². The zero-order valence-electron chi connectivity index (χ0n) is 21.5. The van der Waals surface area contributed by atoms with Crippen molar-refractivity contribution in [3.63, 3.8) is 0 Å². The van der Waals surface area contributed by atoms with E-state index in [1.807, 2.05) is 20.0 Å². The highest BCUT2D eigenvalue weighted by Gasteiger charge is 2.40. The molecule has 12 heteroatoms. The molecular weight excluding hydrogens is 496 g/mol. The summed E-state index contributed by atoms with van der Waals surface area (Å²) in [6, 6.07) is 5.71. The molecule has 2 atom stereocenters. The van der Waals surface area contributed by atoms with E-state index in [9.17, 15) is 9.59 Å². The Morgan fingerprint density at radius 2 is 1.95 bits per heavy atom. The van der Waals surface area contributed by atoms with Gasteiger partial charge in [-0.2, -0.15) is 4.98 Å². The molecule has 37 heavy (non-hydrogen) atoms. The molecule has 3 aromatic heterocycles. The maximum atomic E-state index is 13.0. The van der Waals surface area contributed by atoms with Gasteiger partial charge in [0.05, 0.1) is 19.1 Å². The monoisotopic (exact) mass is 526 g/mol. The van der Waals surface area contributed by atoms with Gasteiger partial charge in [0.1, 0.15) is 21.7 Å². The van der Waals surface area contributed by atoms with Crippen LogP contribution in [0, 0.1) is 32.6 Å². The van der Waals surface area contributed by atoms with Crippen molar-refractivity contribution < 1.29 is 23.8 Å². The van der Waals surface area contributed by atoms with E-state index in [4.69, 9.17) is 14.2 Å². The Balaban J connectivity index is 1.44. The van der Waals surface area contributed by atoms with Crippen LogP contribution in [0.5, 0.6) is 5.88 Å². The average Bonchev–Trinajstić information content (AvgIpc) is 3.52. The molecule has 3 aromatic rings. The molecule has 1 aliphatic rings. The lowest BCUT2D eigenvalue weighted by Crippen LogP contribution is -2.33. The number of aromatic nitrogens is 5. The molecule has 0 aliphatic heterocycles. The molecule has 1 aliphatic carbocycles. The van der Waals surface area contributed by atoms with Gasteiger partial charge in [-0.05, 0) is 38.8 Å². The van der Waals surface area contributed by atoms with Gasteiger partial charge in [-0.25, -0.2) is 9.78 Å². The standard InChI is InChI=1S/C25H30N6O5S/c1-14(2)24(32)35-13-36-25(33)31(11-23-30-29-17(5)37-23)21-9-22(28-16(4)27-21)34-12-18-8-19(18)20-7-6-15(3)10-26-20/h6-7,9-10,14,18-19H,8,11-13H2,1-5H3/t18-,19+/m1/s1. The van der Waals surface area contributed by atoms with E-state index >= 15 is 0 Å². The topological polar surface area (TPSA) is 130 Å². The molecule has 3 heterocycles. The molecule has 0 spiro atoms. The maximum Gasteiger partial charge on any atom is 0.418 e. The van der Waals surface area contributed by atoms with E-state index < -0.39 is 18.9 Å². The lowest BCUT2D eigenvalue weighted by molar-refractivity contribution is -0.155. The predicted molar refractivity (Wildman–Crippen MR) is 135 cm³/mol. The number of ether oxygens (including phenoxy) is 3. The molecule has 4 rings (SSSR count). The van der Waals surface area contributed by atoms with Crippen molar-refractivity contribution in [2.45, 2.75) is 53.5 Å². The predicted octanol–water partition coefficient (Wildman–Crippen LogP) is 4.13. The van der Waals surface area contributed by atoms with Gasteiger partial charge in [0.15, 0.2) is 0 Å². The lowest BCUT2D eigenvalue weighted by Gasteiger charge is -2.21. The first-order valence-electron chi connectivity index (χ1n) is 12.0. The molecule has 1 amide bonds. The quantitative estimate of drug-likeness (QED) is 0.281. The van der Waals surface area contributed by atoms with Crippen molar-refractivity contribution in [2.24, 2.45) is 11.8 Å². The number of carbonyl (C=O) groups is 2. The highest BCUT2D eigenvalue weighted by molar-refractivity contribution is 7.11. The normalized spacial score (nSPS) is 16.4. The molecule has 0 bridgehead atoms. The van der Waals surface area contributed by atoms with Crippen LogP contribution in [-0.2, 0) is 20.8 Å². The lowest BCUT2D eigenvalue weighted by atomic mass is 10.2. The summed E-state index contributed by atoms with van der Waals surface area (Å²) in [6.45, 7) is 8.99. The van der Waals surface area contributed by atoms with E-state index in [1.165, 1.54) is 16.2 Å². The minimum absolute atomic E-state index is 0.0716. The SMILES string of the molecule is Cc1ccc([C@H]2C[C@@H]2COc2cc(N(Cc3nnc(C)s3)C(=O)OCOC(=O)C(C)C)nc(C)n2)nc1. The molecule has 11 nitrogen and oxygen atoms in total. The Morgan fingerprint density at radius 1 is 1.14 bits per heavy atom. The van der Waals surface area contributed by atoms with E-state index in [-0.39, 0.29) is 18.3 Å². The van der Waals surface area contributed by atoms with E-state index in [0.717, 1.165) is 22.7 Å². The Bertz CT molecular complexity index is 1250. The second-order valence-electron chi connectivity index (χ2n) is 9.23. The van der Waals surface area contributed by atoms with Crippen molar-refractivity contribution in [3.05, 3.63) is 51.5 Å². The van der Waals surface area contributed by atoms with Crippen LogP contribution >= 0.6 is 11.3 Å². The zero-order chi connectivity index (χ0) is 26.5. The van der Waals surface area contributed by atoms with Crippen LogP contribution in [0.15, 0.2) is 24.4 Å². The Labute approximate surface area is 219 Å². The summed E-state index contributed by atoms with van der Waals surface area (Å²) in [5.41, 5.74) is 2.20. The fraction of sp³-hybridized carbons (Fsp3) is 0.480. The molecule has 0 unspecified atom stereocenters. The summed E-state index contributed by atoms with van der Waals surface area (Å²) in [7, 11) is 0. The van der Waals surface area contributed by atoms with Gasteiger partial charge in [-0.1, -0.05) is 31.3 Å². The average molecular weight is 527 g/mol. The van der Waals surface area contributed by atoms with Crippen LogP contribution in [0.1, 0.15) is 53.3 Å². The molecule has 0 saturated heterocycles. The van der Waals surface area contributed by atoms with Gasteiger partial charge in [0, 0.05) is 29.8 Å². The van der Waals surface area contributed by atoms with Crippen LogP contribution < -0.4 is 9.64 Å². The molecule has 0 N–H and O–H groups in total. The number of hydrogen-bond donors (Lipinski definition) is 0. The van der Waals surface area contributed by atoms with Gasteiger partial charge in [-0.3, -0.25) is 14.7 Å². The van der Waals surface area contributed by atoms with Crippen LogP contribution in [0.4, 0.5) is 10.6 Å². The summed E-state index contributed by atoms with van der Waals surface area (Å²) in [4.78, 5) is 39.3. The minimum atomic E-state index is -0.749. The first-order valence-corrected chi connectivity index (χ1v) is 12.8. The second kappa shape index (κ2) is 11.6. The summed E-state index contributed by atoms with van der Waals surface area (Å²) in [5.74, 6) is 0.963. The molecule has 0 radical (unpaired) electrons. The highest BCUT2D eigenvalue weighted by Crippen LogP contribution is 2.46. The summed E-state index contributed by atoms with van der Waals surface area (Å²) in [6.07, 6.45) is 2.13. The van der Waals surface area contributed by atoms with Crippen LogP contribution in [0.3, 0.4) is 0 Å². The maximum absolute atomic E-state index is 13.0. The third-order valence-corrected chi connectivity index (χ3v) is 6.52. The summed E-state index contributed by atoms with van der Waals surface area (Å²) >= 11 is 1.35. The molecule has 196 valence electrons. The number of hydrogen-bond acceptors (Lipinski definition) is 11. The summed E-state index contributed by atoms with van der Waals surface area (Å²) in [5, 5.41) is 9.48. The van der Waals surface area contributed by atoms with Crippen LogP contribution in [0.2, 0.25) is 0 Å². The molecular formula is C25H30N6O5S. The number of nitrogens with zero attached hydrogens (tertiary/aromatic N) is 6. The van der Waals surface area contributed by atoms with E-state index in [1.54, 1.807) is 26.8 Å². The van der Waals surface area contributed by atoms with Crippen molar-refractivity contribution in [2.75, 3.05) is 18.3 Å². The third kappa shape index (κ3) is 7.19. The van der Waals surface area contributed by atoms with E-state index in [2.05, 4.69) is 37.3 Å². The zero-order valence-corrected chi connectivity index (χ0v) is 22.3. The number of esters is 1. The first kappa shape index (κ1) is 26.4. The van der Waals surface area contributed by atoms with Crippen molar-refractivity contribution in [1.29, 1.82) is 0 Å². The van der Waals surface area contributed by atoms with Crippen LogP contribution in [-0.4, -0.2) is 50.6 Å².